The lowest BCUT2D eigenvalue weighted by molar-refractivity contribution is -0.133. The van der Waals surface area contributed by atoms with E-state index >= 15 is 0 Å². The first-order valence-corrected chi connectivity index (χ1v) is 6.21. The number of Topliss-reactive ketones (excluding diaryl/α,β-unsaturated/α-hetero) is 2. The second-order valence-corrected chi connectivity index (χ2v) is 4.93. The van der Waals surface area contributed by atoms with Gasteiger partial charge < -0.3 is 0 Å². The van der Waals surface area contributed by atoms with E-state index in [9.17, 15) is 14.4 Å². The van der Waals surface area contributed by atoms with E-state index in [0.717, 1.165) is 0 Å². The summed E-state index contributed by atoms with van der Waals surface area (Å²) in [5.41, 5.74) is 3.49. The average molecular weight is 265 g/mol. The van der Waals surface area contributed by atoms with E-state index in [1.54, 1.807) is 33.2 Å². The van der Waals surface area contributed by atoms with Crippen LogP contribution in [0.25, 0.3) is 0 Å². The minimum absolute atomic E-state index is 0.105. The second-order valence-electron chi connectivity index (χ2n) is 4.93. The van der Waals surface area contributed by atoms with Crippen LogP contribution in [-0.2, 0) is 14.4 Å². The fourth-order valence-electron chi connectivity index (χ4n) is 2.06. The minimum Gasteiger partial charge on any atom is -0.289 e. The smallest absolute Gasteiger partial charge is 0.246 e. The zero-order valence-electron chi connectivity index (χ0n) is 11.7. The predicted molar refractivity (Wildman–Crippen MR) is 69.4 cm³/mol. The van der Waals surface area contributed by atoms with Gasteiger partial charge in [0.25, 0.3) is 0 Å². The molecule has 0 aromatic heterocycles. The summed E-state index contributed by atoms with van der Waals surface area (Å²) in [6.07, 6.45) is 0.764. The topological polar surface area (TPSA) is 83.5 Å². The van der Waals surface area contributed by atoms with Gasteiger partial charge in [0.15, 0.2) is 11.6 Å². The highest BCUT2D eigenvalue weighted by molar-refractivity contribution is 6.24. The number of nitrogens with one attached hydrogen (secondary N) is 1. The van der Waals surface area contributed by atoms with Gasteiger partial charge in [-0.05, 0) is 33.6 Å². The molecular weight excluding hydrogens is 246 g/mol. The van der Waals surface area contributed by atoms with Crippen molar-refractivity contribution in [3.63, 3.8) is 0 Å². The van der Waals surface area contributed by atoms with Gasteiger partial charge in [0, 0.05) is 28.2 Å². The Labute approximate surface area is 112 Å². The third-order valence-electron chi connectivity index (χ3n) is 3.70. The van der Waals surface area contributed by atoms with Crippen LogP contribution in [0.15, 0.2) is 22.3 Å². The molecule has 1 aliphatic rings. The molecular formula is C14H19NO4. The molecule has 0 fully saturated rings. The monoisotopic (exact) mass is 265 g/mol. The molecule has 1 aliphatic carbocycles. The lowest BCUT2D eigenvalue weighted by Gasteiger charge is -2.19. The third kappa shape index (κ3) is 2.98. The lowest BCUT2D eigenvalue weighted by atomic mass is 9.83. The molecule has 0 aromatic carbocycles. The van der Waals surface area contributed by atoms with Crippen molar-refractivity contribution in [3.8, 4) is 0 Å². The van der Waals surface area contributed by atoms with Crippen LogP contribution in [0.2, 0.25) is 0 Å². The van der Waals surface area contributed by atoms with Gasteiger partial charge in [-0.1, -0.05) is 6.92 Å². The van der Waals surface area contributed by atoms with Crippen molar-refractivity contribution in [2.75, 3.05) is 0 Å². The number of hydrogen-bond donors (Lipinski definition) is 2. The molecule has 0 radical (unpaired) electrons. The Morgan fingerprint density at radius 1 is 1.11 bits per heavy atom. The summed E-state index contributed by atoms with van der Waals surface area (Å²) in [6.45, 7) is 6.59. The molecule has 104 valence electrons. The van der Waals surface area contributed by atoms with Crippen molar-refractivity contribution >= 4 is 17.5 Å². The fourth-order valence-corrected chi connectivity index (χ4v) is 2.06. The van der Waals surface area contributed by atoms with E-state index < -0.39 is 11.8 Å². The summed E-state index contributed by atoms with van der Waals surface area (Å²) < 4.78 is 0. The summed E-state index contributed by atoms with van der Waals surface area (Å²) in [5, 5.41) is 8.52. The number of ketones is 2. The van der Waals surface area contributed by atoms with Crippen LogP contribution in [0.4, 0.5) is 0 Å². The van der Waals surface area contributed by atoms with Crippen LogP contribution in [-0.4, -0.2) is 22.7 Å². The Kier molecular flexibility index (Phi) is 4.78. The molecule has 0 aliphatic heterocycles. The predicted octanol–water partition coefficient (Wildman–Crippen LogP) is 1.71. The van der Waals surface area contributed by atoms with Crippen LogP contribution < -0.4 is 5.48 Å². The standard InChI is InChI=1S/C14H19NO4/c1-7(14(18)15-19)5-6-11-10(4)12(16)8(2)9(3)13(11)17/h7,19H,5-6H2,1-4H3,(H,15,18). The van der Waals surface area contributed by atoms with Gasteiger partial charge >= 0.3 is 0 Å². The van der Waals surface area contributed by atoms with Crippen molar-refractivity contribution in [2.24, 2.45) is 5.92 Å². The Morgan fingerprint density at radius 2 is 1.63 bits per heavy atom. The molecule has 1 rings (SSSR count). The maximum absolute atomic E-state index is 12.1. The zero-order chi connectivity index (χ0) is 14.7. The van der Waals surface area contributed by atoms with E-state index in [1.165, 1.54) is 0 Å². The Bertz CT molecular complexity index is 500. The SMILES string of the molecule is CC1=C(C)C(=O)C(CCC(C)C(=O)NO)=C(C)C1=O. The van der Waals surface area contributed by atoms with E-state index in [-0.39, 0.29) is 11.6 Å². The number of carbonyl (C=O) groups excluding carboxylic acids is 3. The molecule has 0 heterocycles. The number of rotatable bonds is 4. The highest BCUT2D eigenvalue weighted by Crippen LogP contribution is 2.27. The molecule has 1 unspecified atom stereocenters. The molecule has 5 nitrogen and oxygen atoms in total. The lowest BCUT2D eigenvalue weighted by Crippen LogP contribution is -2.27. The quantitative estimate of drug-likeness (QED) is 0.460. The van der Waals surface area contributed by atoms with Crippen LogP contribution in [0.1, 0.15) is 40.5 Å². The zero-order valence-corrected chi connectivity index (χ0v) is 11.7. The highest BCUT2D eigenvalue weighted by atomic mass is 16.5. The Balaban J connectivity index is 2.87. The number of carbonyl (C=O) groups is 3. The van der Waals surface area contributed by atoms with Gasteiger partial charge in [-0.15, -0.1) is 0 Å². The van der Waals surface area contributed by atoms with Crippen molar-refractivity contribution in [1.29, 1.82) is 0 Å². The minimum atomic E-state index is -0.490. The van der Waals surface area contributed by atoms with E-state index in [4.69, 9.17) is 5.21 Å². The van der Waals surface area contributed by atoms with E-state index in [2.05, 4.69) is 0 Å². The van der Waals surface area contributed by atoms with Gasteiger partial charge in [-0.2, -0.15) is 0 Å². The van der Waals surface area contributed by atoms with Gasteiger partial charge in [-0.3, -0.25) is 19.6 Å². The fraction of sp³-hybridized carbons (Fsp3) is 0.500. The van der Waals surface area contributed by atoms with Crippen LogP contribution in [0.3, 0.4) is 0 Å². The van der Waals surface area contributed by atoms with Crippen LogP contribution >= 0.6 is 0 Å². The first kappa shape index (κ1) is 15.3. The maximum atomic E-state index is 12.1. The molecule has 0 bridgehead atoms. The highest BCUT2D eigenvalue weighted by Gasteiger charge is 2.28. The summed E-state index contributed by atoms with van der Waals surface area (Å²) in [7, 11) is 0. The molecule has 2 N–H and O–H groups in total. The van der Waals surface area contributed by atoms with Crippen molar-refractivity contribution in [2.45, 2.75) is 40.5 Å². The van der Waals surface area contributed by atoms with Gasteiger partial charge in [0.1, 0.15) is 0 Å². The van der Waals surface area contributed by atoms with Crippen molar-refractivity contribution < 1.29 is 19.6 Å². The molecule has 1 amide bonds. The molecule has 0 spiro atoms. The number of amides is 1. The molecule has 0 saturated heterocycles. The largest absolute Gasteiger partial charge is 0.289 e. The second kappa shape index (κ2) is 5.93. The number of hydroxylamine groups is 1. The van der Waals surface area contributed by atoms with E-state index in [1.807, 2.05) is 0 Å². The first-order chi connectivity index (χ1) is 8.81. The van der Waals surface area contributed by atoms with Crippen molar-refractivity contribution in [3.05, 3.63) is 22.3 Å². The molecule has 0 aromatic rings. The first-order valence-electron chi connectivity index (χ1n) is 6.21. The summed E-state index contributed by atoms with van der Waals surface area (Å²) in [6, 6.07) is 0. The maximum Gasteiger partial charge on any atom is 0.246 e. The van der Waals surface area contributed by atoms with Crippen molar-refractivity contribution in [1.82, 2.24) is 5.48 Å². The third-order valence-corrected chi connectivity index (χ3v) is 3.70. The number of allylic oxidation sites excluding steroid dienone is 4. The van der Waals surface area contributed by atoms with Gasteiger partial charge in [-0.25, -0.2) is 5.48 Å². The molecule has 5 heteroatoms. The average Bonchev–Trinajstić information content (AvgIpc) is 2.41. The molecule has 0 saturated carbocycles. The van der Waals surface area contributed by atoms with Crippen LogP contribution in [0.5, 0.6) is 0 Å². The van der Waals surface area contributed by atoms with Gasteiger partial charge in [0.05, 0.1) is 0 Å². The summed E-state index contributed by atoms with van der Waals surface area (Å²) >= 11 is 0. The normalized spacial score (nSPS) is 17.9. The number of hydrogen-bond acceptors (Lipinski definition) is 4. The Morgan fingerprint density at radius 3 is 2.16 bits per heavy atom. The van der Waals surface area contributed by atoms with E-state index in [0.29, 0.717) is 35.1 Å². The molecule has 1 atom stereocenters. The Hall–Kier alpha value is -1.75. The van der Waals surface area contributed by atoms with Gasteiger partial charge in [0.2, 0.25) is 5.91 Å². The molecule has 19 heavy (non-hydrogen) atoms. The van der Waals surface area contributed by atoms with Crippen LogP contribution in [0, 0.1) is 5.92 Å². The summed E-state index contributed by atoms with van der Waals surface area (Å²) in [4.78, 5) is 35.3. The summed E-state index contributed by atoms with van der Waals surface area (Å²) in [5.74, 6) is -1.13.